The molecule has 2 aromatic heterocycles. The molecule has 3 fully saturated rings. The van der Waals surface area contributed by atoms with Gasteiger partial charge in [0.2, 0.25) is 11.8 Å². The summed E-state index contributed by atoms with van der Waals surface area (Å²) in [5.41, 5.74) is 2.71. The van der Waals surface area contributed by atoms with Gasteiger partial charge >= 0.3 is 0 Å². The van der Waals surface area contributed by atoms with Gasteiger partial charge in [-0.05, 0) is 80.3 Å². The number of hydrogen-bond acceptors (Lipinski definition) is 8. The number of pyridine rings is 1. The Morgan fingerprint density at radius 1 is 0.929 bits per heavy atom. The quantitative estimate of drug-likeness (QED) is 0.231. The highest BCUT2D eigenvalue weighted by atomic mass is 19.2. The molecule has 4 aliphatic heterocycles. The minimum absolute atomic E-state index is 0.00125. The molecule has 3 N–H and O–H groups in total. The first-order chi connectivity index (χ1) is 26.8. The van der Waals surface area contributed by atoms with Gasteiger partial charge in [-0.2, -0.15) is 0 Å². The number of rotatable bonds is 7. The van der Waals surface area contributed by atoms with Gasteiger partial charge in [-0.3, -0.25) is 24.5 Å². The fraction of sp³-hybridized carbons (Fsp3) is 0.390. The van der Waals surface area contributed by atoms with E-state index in [0.717, 1.165) is 50.2 Å². The van der Waals surface area contributed by atoms with Crippen LogP contribution in [0, 0.1) is 22.9 Å². The maximum Gasteiger partial charge on any atom is 0.270 e. The third-order valence-electron chi connectivity index (χ3n) is 11.6. The molecule has 292 valence electrons. The number of carbonyl (C=O) groups is 4. The molecule has 0 saturated carbocycles. The molecule has 56 heavy (non-hydrogen) atoms. The van der Waals surface area contributed by atoms with Gasteiger partial charge in [0.05, 0.1) is 23.1 Å². The van der Waals surface area contributed by atoms with E-state index >= 15 is 13.2 Å². The molecule has 8 rings (SSSR count). The zero-order valence-corrected chi connectivity index (χ0v) is 31.5. The number of H-pyrrole nitrogens is 1. The molecular formula is C41H43F3N8O4. The number of halogens is 3. The van der Waals surface area contributed by atoms with Crippen molar-refractivity contribution in [3.8, 4) is 11.1 Å². The highest BCUT2D eigenvalue weighted by Gasteiger charge is 2.45. The van der Waals surface area contributed by atoms with Crippen LogP contribution in [0.3, 0.4) is 0 Å². The first-order valence-electron chi connectivity index (χ1n) is 18.8. The third kappa shape index (κ3) is 6.77. The van der Waals surface area contributed by atoms with Crippen molar-refractivity contribution in [1.29, 1.82) is 0 Å². The number of benzene rings is 2. The van der Waals surface area contributed by atoms with Crippen molar-refractivity contribution in [2.24, 2.45) is 5.41 Å². The lowest BCUT2D eigenvalue weighted by molar-refractivity contribution is -0.134. The number of aromatic nitrogens is 2. The number of piperidine rings is 2. The number of nitrogens with zero attached hydrogens (tertiary/aromatic N) is 5. The highest BCUT2D eigenvalue weighted by molar-refractivity contribution is 6.05. The van der Waals surface area contributed by atoms with Crippen molar-refractivity contribution in [1.82, 2.24) is 30.4 Å². The smallest absolute Gasteiger partial charge is 0.270 e. The number of fused-ring (bicyclic) bond motifs is 1. The standard InChI is InChI=1S/C41H43F3N8O4/c1-49(2)40(56)31-18-28-27(17-26(35(43)37(28)46-31)23-5-4-14-50(3)20-23)25-7-10-32(36(44)34(25)42)51-15-12-41(13-16-51)21-52(22-41)24-6-8-29(45-19-24)38(54)47-30-9-11-33(53)48-39(30)55/h5-8,10,17-19,30,46H,4,9,11-16,20-22H2,1-3H3,(H,47,54)(H,48,53,55). The van der Waals surface area contributed by atoms with Crippen molar-refractivity contribution < 1.29 is 32.3 Å². The van der Waals surface area contributed by atoms with Crippen LogP contribution in [0.2, 0.25) is 0 Å². The number of hydrogen-bond donors (Lipinski definition) is 3. The second-order valence-electron chi connectivity index (χ2n) is 15.7. The fourth-order valence-corrected chi connectivity index (χ4v) is 8.41. The van der Waals surface area contributed by atoms with Crippen LogP contribution in [0.4, 0.5) is 24.5 Å². The van der Waals surface area contributed by atoms with E-state index < -0.39 is 35.3 Å². The average Bonchev–Trinajstić information content (AvgIpc) is 3.63. The molecule has 15 heteroatoms. The van der Waals surface area contributed by atoms with Crippen LogP contribution in [-0.2, 0) is 9.59 Å². The van der Waals surface area contributed by atoms with E-state index in [9.17, 15) is 19.2 Å². The molecule has 0 bridgehead atoms. The Bertz CT molecular complexity index is 2290. The summed E-state index contributed by atoms with van der Waals surface area (Å²) >= 11 is 0. The Balaban J connectivity index is 0.964. The van der Waals surface area contributed by atoms with E-state index in [1.165, 1.54) is 11.0 Å². The van der Waals surface area contributed by atoms with Gasteiger partial charge in [0, 0.05) is 81.7 Å². The Labute approximate surface area is 321 Å². The molecule has 1 atom stereocenters. The molecule has 1 spiro atoms. The summed E-state index contributed by atoms with van der Waals surface area (Å²) in [6, 6.07) is 8.84. The number of carbonyl (C=O) groups excluding carboxylic acids is 4. The Kier molecular flexibility index (Phi) is 9.59. The summed E-state index contributed by atoms with van der Waals surface area (Å²) in [5.74, 6) is -4.30. The van der Waals surface area contributed by atoms with Crippen LogP contribution in [0.5, 0.6) is 0 Å². The molecule has 6 heterocycles. The minimum Gasteiger partial charge on any atom is -0.369 e. The molecule has 12 nitrogen and oxygen atoms in total. The van der Waals surface area contributed by atoms with E-state index in [1.807, 2.05) is 24.1 Å². The Morgan fingerprint density at radius 2 is 1.70 bits per heavy atom. The fourth-order valence-electron chi connectivity index (χ4n) is 8.41. The summed E-state index contributed by atoms with van der Waals surface area (Å²) in [7, 11) is 5.12. The number of aromatic amines is 1. The number of imide groups is 1. The molecule has 0 aliphatic carbocycles. The van der Waals surface area contributed by atoms with E-state index in [4.69, 9.17) is 0 Å². The maximum atomic E-state index is 16.3. The first-order valence-corrected chi connectivity index (χ1v) is 18.8. The second kappa shape index (κ2) is 14.4. The van der Waals surface area contributed by atoms with E-state index in [0.29, 0.717) is 30.6 Å². The van der Waals surface area contributed by atoms with Crippen molar-refractivity contribution in [2.45, 2.75) is 38.1 Å². The first kappa shape index (κ1) is 37.2. The third-order valence-corrected chi connectivity index (χ3v) is 11.6. The van der Waals surface area contributed by atoms with Crippen molar-refractivity contribution >= 4 is 51.5 Å². The Hall–Kier alpha value is -5.70. The van der Waals surface area contributed by atoms with E-state index in [2.05, 4.69) is 30.4 Å². The predicted octanol–water partition coefficient (Wildman–Crippen LogP) is 4.71. The van der Waals surface area contributed by atoms with Crippen LogP contribution >= 0.6 is 0 Å². The second-order valence-corrected chi connectivity index (χ2v) is 15.7. The number of likely N-dealkylation sites (N-methyl/N-ethyl adjacent to an activating group) is 1. The van der Waals surface area contributed by atoms with Gasteiger partial charge in [0.1, 0.15) is 17.4 Å². The van der Waals surface area contributed by atoms with Crippen LogP contribution in [0.25, 0.3) is 27.6 Å². The van der Waals surface area contributed by atoms with Crippen LogP contribution in [0.1, 0.15) is 58.6 Å². The highest BCUT2D eigenvalue weighted by Crippen LogP contribution is 2.45. The van der Waals surface area contributed by atoms with Gasteiger partial charge in [-0.1, -0.05) is 6.08 Å². The lowest BCUT2D eigenvalue weighted by Crippen LogP contribution is -2.60. The van der Waals surface area contributed by atoms with Gasteiger partial charge in [0.25, 0.3) is 11.8 Å². The van der Waals surface area contributed by atoms with Gasteiger partial charge < -0.3 is 29.9 Å². The maximum absolute atomic E-state index is 16.3. The summed E-state index contributed by atoms with van der Waals surface area (Å²) in [4.78, 5) is 63.7. The van der Waals surface area contributed by atoms with Gasteiger partial charge in [0.15, 0.2) is 17.5 Å². The normalized spacial score (nSPS) is 19.8. The molecule has 4 aromatic rings. The average molecular weight is 769 g/mol. The molecular weight excluding hydrogens is 725 g/mol. The van der Waals surface area contributed by atoms with E-state index in [1.54, 1.807) is 44.6 Å². The van der Waals surface area contributed by atoms with Crippen molar-refractivity contribution in [3.05, 3.63) is 83.1 Å². The van der Waals surface area contributed by atoms with Gasteiger partial charge in [-0.15, -0.1) is 0 Å². The Morgan fingerprint density at radius 3 is 2.38 bits per heavy atom. The lowest BCUT2D eigenvalue weighted by atomic mass is 9.71. The summed E-state index contributed by atoms with van der Waals surface area (Å²) in [5, 5.41) is 5.15. The zero-order chi connectivity index (χ0) is 39.5. The molecule has 2 aromatic carbocycles. The van der Waals surface area contributed by atoms with Gasteiger partial charge in [-0.25, -0.2) is 18.2 Å². The largest absolute Gasteiger partial charge is 0.369 e. The number of amides is 4. The summed E-state index contributed by atoms with van der Waals surface area (Å²) in [6.07, 6.45) is 6.24. The monoisotopic (exact) mass is 768 g/mol. The number of nitrogens with one attached hydrogen (secondary N) is 3. The van der Waals surface area contributed by atoms with Crippen molar-refractivity contribution in [2.75, 3.05) is 70.2 Å². The molecule has 4 aliphatic rings. The molecule has 4 amide bonds. The van der Waals surface area contributed by atoms with Crippen molar-refractivity contribution in [3.63, 3.8) is 0 Å². The van der Waals surface area contributed by atoms with Crippen LogP contribution in [-0.4, -0.2) is 110 Å². The minimum atomic E-state index is -1.03. The molecule has 1 unspecified atom stereocenters. The topological polar surface area (TPSA) is 134 Å². The van der Waals surface area contributed by atoms with Crippen LogP contribution in [0.15, 0.2) is 48.7 Å². The molecule has 0 radical (unpaired) electrons. The SMILES string of the molecule is CN1CCC=C(c2cc(-c3ccc(N4CCC5(CC4)CN(c4ccc(C(=O)NC6CCC(=O)NC6=O)nc4)C5)c(F)c3F)c3cc(C(=O)N(C)C)[nH]c3c2F)C1. The van der Waals surface area contributed by atoms with Crippen LogP contribution < -0.4 is 20.4 Å². The zero-order valence-electron chi connectivity index (χ0n) is 31.5. The summed E-state index contributed by atoms with van der Waals surface area (Å²) < 4.78 is 48.6. The number of anilines is 2. The molecule has 3 saturated heterocycles. The van der Waals surface area contributed by atoms with E-state index in [-0.39, 0.29) is 63.8 Å². The summed E-state index contributed by atoms with van der Waals surface area (Å²) in [6.45, 7) is 3.88. The lowest BCUT2D eigenvalue weighted by Gasteiger charge is -2.55. The predicted molar refractivity (Wildman–Crippen MR) is 206 cm³/mol.